The Bertz CT molecular complexity index is 528. The zero-order chi connectivity index (χ0) is 13.8. The molecule has 0 spiro atoms. The van der Waals surface area contributed by atoms with Gasteiger partial charge in [-0.3, -0.25) is 0 Å². The molecule has 0 amide bonds. The number of thiophene rings is 1. The largest absolute Gasteiger partial charge is 0.349 e. The minimum atomic E-state index is 0.373. The number of alkyl halides is 1. The lowest BCUT2D eigenvalue weighted by Crippen LogP contribution is -2.31. The van der Waals surface area contributed by atoms with Crippen molar-refractivity contribution in [3.8, 4) is 0 Å². The van der Waals surface area contributed by atoms with Crippen LogP contribution < -0.4 is 4.90 Å². The second-order valence-electron chi connectivity index (χ2n) is 4.57. The van der Waals surface area contributed by atoms with Crippen molar-refractivity contribution in [2.45, 2.75) is 32.3 Å². The highest BCUT2D eigenvalue weighted by Crippen LogP contribution is 2.27. The van der Waals surface area contributed by atoms with Crippen LogP contribution in [0.3, 0.4) is 0 Å². The Morgan fingerprint density at radius 1 is 1.47 bits per heavy atom. The molecule has 102 valence electrons. The first-order valence-electron chi connectivity index (χ1n) is 6.11. The summed E-state index contributed by atoms with van der Waals surface area (Å²) in [4.78, 5) is 8.17. The summed E-state index contributed by atoms with van der Waals surface area (Å²) in [6.07, 6.45) is 1.83. The molecule has 2 aromatic heterocycles. The van der Waals surface area contributed by atoms with Crippen molar-refractivity contribution in [1.82, 2.24) is 4.98 Å². The first-order valence-corrected chi connectivity index (χ1v) is 8.32. The number of anilines is 1. The van der Waals surface area contributed by atoms with Gasteiger partial charge in [-0.15, -0.1) is 22.9 Å². The lowest BCUT2D eigenvalue weighted by Gasteiger charge is -2.29. The minimum Gasteiger partial charge on any atom is -0.349 e. The standard InChI is InChI=1S/C14H16BrClN2S/c1-10(2)18(9-13-4-3-5-19-13)14-11(7-16)6-12(15)8-17-14/h3-6,8,10H,7,9H2,1-2H3. The predicted octanol–water partition coefficient (Wildman–Crippen LogP) is 5.06. The molecule has 0 bridgehead atoms. The number of pyridine rings is 1. The second-order valence-corrected chi connectivity index (χ2v) is 6.79. The molecular formula is C14H16BrClN2S. The fourth-order valence-electron chi connectivity index (χ4n) is 1.90. The zero-order valence-electron chi connectivity index (χ0n) is 10.9. The molecule has 0 aromatic carbocycles. The van der Waals surface area contributed by atoms with Gasteiger partial charge in [0.2, 0.25) is 0 Å². The summed E-state index contributed by atoms with van der Waals surface area (Å²) in [5.41, 5.74) is 1.06. The van der Waals surface area contributed by atoms with Crippen molar-refractivity contribution in [2.24, 2.45) is 0 Å². The molecule has 2 heterocycles. The minimum absolute atomic E-state index is 0.373. The molecule has 0 unspecified atom stereocenters. The van der Waals surface area contributed by atoms with E-state index in [1.807, 2.05) is 12.3 Å². The van der Waals surface area contributed by atoms with Gasteiger partial charge >= 0.3 is 0 Å². The fourth-order valence-corrected chi connectivity index (χ4v) is 3.18. The Hall–Kier alpha value is -0.580. The Morgan fingerprint density at radius 2 is 2.26 bits per heavy atom. The molecule has 0 saturated carbocycles. The smallest absolute Gasteiger partial charge is 0.133 e. The molecule has 19 heavy (non-hydrogen) atoms. The van der Waals surface area contributed by atoms with Crippen LogP contribution in [-0.4, -0.2) is 11.0 Å². The highest BCUT2D eigenvalue weighted by atomic mass is 79.9. The fraction of sp³-hybridized carbons (Fsp3) is 0.357. The first kappa shape index (κ1) is 14.8. The number of nitrogens with zero attached hydrogens (tertiary/aromatic N) is 2. The molecule has 2 aromatic rings. The molecule has 0 aliphatic carbocycles. The maximum Gasteiger partial charge on any atom is 0.133 e. The van der Waals surface area contributed by atoms with Gasteiger partial charge in [0, 0.05) is 27.2 Å². The van der Waals surface area contributed by atoms with Crippen molar-refractivity contribution < 1.29 is 0 Å². The predicted molar refractivity (Wildman–Crippen MR) is 87.1 cm³/mol. The van der Waals surface area contributed by atoms with Crippen molar-refractivity contribution in [2.75, 3.05) is 4.90 Å². The summed E-state index contributed by atoms with van der Waals surface area (Å²) in [6, 6.07) is 6.65. The van der Waals surface area contributed by atoms with Gasteiger partial charge < -0.3 is 4.90 Å². The van der Waals surface area contributed by atoms with Crippen LogP contribution in [0.2, 0.25) is 0 Å². The van der Waals surface area contributed by atoms with Crippen LogP contribution in [-0.2, 0) is 12.4 Å². The van der Waals surface area contributed by atoms with E-state index in [1.165, 1.54) is 4.88 Å². The molecular weight excluding hydrogens is 344 g/mol. The number of hydrogen-bond acceptors (Lipinski definition) is 3. The van der Waals surface area contributed by atoms with Crippen LogP contribution in [0.1, 0.15) is 24.3 Å². The van der Waals surface area contributed by atoms with E-state index >= 15 is 0 Å². The van der Waals surface area contributed by atoms with Crippen LogP contribution in [0.4, 0.5) is 5.82 Å². The zero-order valence-corrected chi connectivity index (χ0v) is 14.1. The van der Waals surface area contributed by atoms with Crippen LogP contribution in [0.5, 0.6) is 0 Å². The van der Waals surface area contributed by atoms with E-state index < -0.39 is 0 Å². The van der Waals surface area contributed by atoms with Gasteiger partial charge in [0.15, 0.2) is 0 Å². The Labute approximate surface area is 131 Å². The average molecular weight is 360 g/mol. The third-order valence-corrected chi connectivity index (χ3v) is 4.44. The maximum absolute atomic E-state index is 6.05. The molecule has 0 aliphatic heterocycles. The number of aromatic nitrogens is 1. The summed E-state index contributed by atoms with van der Waals surface area (Å²) in [7, 11) is 0. The molecule has 2 nitrogen and oxygen atoms in total. The van der Waals surface area contributed by atoms with E-state index in [2.05, 4.69) is 57.2 Å². The number of hydrogen-bond donors (Lipinski definition) is 0. The van der Waals surface area contributed by atoms with E-state index in [-0.39, 0.29) is 0 Å². The summed E-state index contributed by atoms with van der Waals surface area (Å²) >= 11 is 11.3. The van der Waals surface area contributed by atoms with Crippen LogP contribution in [0.15, 0.2) is 34.2 Å². The van der Waals surface area contributed by atoms with E-state index in [9.17, 15) is 0 Å². The van der Waals surface area contributed by atoms with E-state index in [0.717, 1.165) is 22.4 Å². The summed E-state index contributed by atoms with van der Waals surface area (Å²) in [5, 5.41) is 2.10. The average Bonchev–Trinajstić information content (AvgIpc) is 2.89. The molecule has 0 saturated heterocycles. The van der Waals surface area contributed by atoms with Gasteiger partial charge in [0.1, 0.15) is 5.82 Å². The van der Waals surface area contributed by atoms with Gasteiger partial charge in [-0.1, -0.05) is 6.07 Å². The summed E-state index contributed by atoms with van der Waals surface area (Å²) < 4.78 is 0.965. The Morgan fingerprint density at radius 3 is 2.84 bits per heavy atom. The van der Waals surface area contributed by atoms with Crippen molar-refractivity contribution in [3.05, 3.63) is 44.7 Å². The molecule has 5 heteroatoms. The van der Waals surface area contributed by atoms with Crippen molar-refractivity contribution >= 4 is 44.7 Å². The number of halogens is 2. The SMILES string of the molecule is CC(C)N(Cc1cccs1)c1ncc(Br)cc1CCl. The third kappa shape index (κ3) is 3.71. The lowest BCUT2D eigenvalue weighted by molar-refractivity contribution is 0.674. The topological polar surface area (TPSA) is 16.1 Å². The third-order valence-electron chi connectivity index (χ3n) is 2.86. The molecule has 0 aliphatic rings. The van der Waals surface area contributed by atoms with E-state index in [1.54, 1.807) is 11.3 Å². The van der Waals surface area contributed by atoms with Crippen molar-refractivity contribution in [3.63, 3.8) is 0 Å². The highest BCUT2D eigenvalue weighted by Gasteiger charge is 2.17. The first-order chi connectivity index (χ1) is 9.11. The van der Waals surface area contributed by atoms with Gasteiger partial charge in [-0.25, -0.2) is 4.98 Å². The summed E-state index contributed by atoms with van der Waals surface area (Å²) in [5.74, 6) is 1.44. The highest BCUT2D eigenvalue weighted by molar-refractivity contribution is 9.10. The Balaban J connectivity index is 2.33. The van der Waals surface area contributed by atoms with Gasteiger partial charge in [0.25, 0.3) is 0 Å². The molecule has 2 rings (SSSR count). The van der Waals surface area contributed by atoms with Crippen LogP contribution in [0.25, 0.3) is 0 Å². The van der Waals surface area contributed by atoms with Gasteiger partial charge in [0.05, 0.1) is 12.4 Å². The summed E-state index contributed by atoms with van der Waals surface area (Å²) in [6.45, 7) is 5.22. The van der Waals surface area contributed by atoms with Crippen molar-refractivity contribution in [1.29, 1.82) is 0 Å². The van der Waals surface area contributed by atoms with Crippen LogP contribution >= 0.6 is 38.9 Å². The lowest BCUT2D eigenvalue weighted by atomic mass is 10.2. The molecule has 0 fully saturated rings. The molecule has 0 atom stereocenters. The van der Waals surface area contributed by atoms with E-state index in [4.69, 9.17) is 11.6 Å². The molecule has 0 radical (unpaired) electrons. The number of rotatable bonds is 5. The Kier molecular flexibility index (Phi) is 5.25. The monoisotopic (exact) mass is 358 g/mol. The second kappa shape index (κ2) is 6.73. The van der Waals surface area contributed by atoms with Crippen LogP contribution in [0, 0.1) is 0 Å². The normalized spacial score (nSPS) is 11.0. The van der Waals surface area contributed by atoms with E-state index in [0.29, 0.717) is 11.9 Å². The molecule has 0 N–H and O–H groups in total. The van der Waals surface area contributed by atoms with Gasteiger partial charge in [-0.2, -0.15) is 0 Å². The quantitative estimate of drug-likeness (QED) is 0.694. The van der Waals surface area contributed by atoms with Gasteiger partial charge in [-0.05, 0) is 47.3 Å². The maximum atomic E-state index is 6.05.